The van der Waals surface area contributed by atoms with Gasteiger partial charge in [0.1, 0.15) is 0 Å². The summed E-state index contributed by atoms with van der Waals surface area (Å²) < 4.78 is 0. The Bertz CT molecular complexity index is 319. The zero-order valence-corrected chi connectivity index (χ0v) is 10.3. The van der Waals surface area contributed by atoms with Gasteiger partial charge in [0.25, 0.3) is 0 Å². The summed E-state index contributed by atoms with van der Waals surface area (Å²) in [4.78, 5) is 12.9. The topological polar surface area (TPSA) is 20.3 Å². The Morgan fingerprint density at radius 3 is 2.40 bits per heavy atom. The molecule has 1 aromatic carbocycles. The summed E-state index contributed by atoms with van der Waals surface area (Å²) in [5.74, 6) is 1.63. The van der Waals surface area contributed by atoms with E-state index in [1.54, 1.807) is 30.8 Å². The highest BCUT2D eigenvalue weighted by molar-refractivity contribution is 7.99. The van der Waals surface area contributed by atoms with E-state index in [0.717, 1.165) is 5.75 Å². The first-order valence-corrected chi connectivity index (χ1v) is 6.08. The van der Waals surface area contributed by atoms with Crippen LogP contribution in [-0.4, -0.2) is 30.7 Å². The van der Waals surface area contributed by atoms with Crippen molar-refractivity contribution in [3.05, 3.63) is 35.4 Å². The number of aryl methyl sites for hydroxylation is 1. The third-order valence-corrected chi connectivity index (χ3v) is 3.10. The molecule has 0 aliphatic heterocycles. The smallest absolute Gasteiger partial charge is 0.232 e. The second kappa shape index (κ2) is 5.81. The van der Waals surface area contributed by atoms with E-state index < -0.39 is 0 Å². The Kier molecular flexibility index (Phi) is 4.69. The number of nitrogens with zero attached hydrogens (tertiary/aromatic N) is 1. The normalized spacial score (nSPS) is 10.1. The summed E-state index contributed by atoms with van der Waals surface area (Å²) in [6.45, 7) is 2.08. The predicted octanol–water partition coefficient (Wildman–Crippen LogP) is 2.32. The van der Waals surface area contributed by atoms with Crippen LogP contribution in [0.3, 0.4) is 0 Å². The first-order chi connectivity index (χ1) is 7.09. The van der Waals surface area contributed by atoms with Crippen LogP contribution in [0.2, 0.25) is 0 Å². The quantitative estimate of drug-likeness (QED) is 0.780. The third-order valence-electron chi connectivity index (χ3n) is 2.11. The van der Waals surface area contributed by atoms with E-state index >= 15 is 0 Å². The number of rotatable bonds is 4. The van der Waals surface area contributed by atoms with Gasteiger partial charge in [0.15, 0.2) is 0 Å². The van der Waals surface area contributed by atoms with Crippen LogP contribution in [0.1, 0.15) is 11.1 Å². The van der Waals surface area contributed by atoms with Crippen LogP contribution in [0, 0.1) is 6.92 Å². The molecule has 0 atom stereocenters. The Morgan fingerprint density at radius 1 is 1.27 bits per heavy atom. The van der Waals surface area contributed by atoms with Crippen LogP contribution in [-0.2, 0) is 10.5 Å². The molecule has 2 nitrogen and oxygen atoms in total. The zero-order valence-electron chi connectivity index (χ0n) is 9.49. The van der Waals surface area contributed by atoms with Crippen LogP contribution in [0.15, 0.2) is 24.3 Å². The van der Waals surface area contributed by atoms with E-state index in [1.165, 1.54) is 11.1 Å². The van der Waals surface area contributed by atoms with Gasteiger partial charge in [0.2, 0.25) is 5.91 Å². The lowest BCUT2D eigenvalue weighted by Gasteiger charge is -2.09. The minimum Gasteiger partial charge on any atom is -0.348 e. The van der Waals surface area contributed by atoms with Crippen LogP contribution >= 0.6 is 11.8 Å². The number of hydrogen-bond acceptors (Lipinski definition) is 2. The summed E-state index contributed by atoms with van der Waals surface area (Å²) in [6.07, 6.45) is 0. The number of carbonyl (C=O) groups excluding carboxylic acids is 1. The molecule has 0 bridgehead atoms. The average Bonchev–Trinajstić information content (AvgIpc) is 2.20. The maximum absolute atomic E-state index is 11.3. The summed E-state index contributed by atoms with van der Waals surface area (Å²) in [7, 11) is 3.57. The molecule has 1 aromatic rings. The molecule has 0 unspecified atom stereocenters. The number of benzene rings is 1. The Morgan fingerprint density at radius 2 is 1.87 bits per heavy atom. The predicted molar refractivity (Wildman–Crippen MR) is 66.0 cm³/mol. The lowest BCUT2D eigenvalue weighted by Crippen LogP contribution is -2.23. The van der Waals surface area contributed by atoms with Gasteiger partial charge in [-0.1, -0.05) is 29.8 Å². The van der Waals surface area contributed by atoms with Crippen molar-refractivity contribution in [3.63, 3.8) is 0 Å². The van der Waals surface area contributed by atoms with Crippen LogP contribution in [0.25, 0.3) is 0 Å². The summed E-state index contributed by atoms with van der Waals surface area (Å²) in [5, 5.41) is 0. The Labute approximate surface area is 95.7 Å². The van der Waals surface area contributed by atoms with E-state index in [9.17, 15) is 4.79 Å². The molecule has 0 spiro atoms. The largest absolute Gasteiger partial charge is 0.348 e. The molecule has 0 saturated carbocycles. The Balaban J connectivity index is 2.32. The molecule has 3 heteroatoms. The molecule has 1 rings (SSSR count). The molecule has 0 fully saturated rings. The highest BCUT2D eigenvalue weighted by atomic mass is 32.2. The average molecular weight is 223 g/mol. The van der Waals surface area contributed by atoms with Crippen molar-refractivity contribution >= 4 is 17.7 Å². The van der Waals surface area contributed by atoms with Gasteiger partial charge < -0.3 is 4.90 Å². The van der Waals surface area contributed by atoms with Gasteiger partial charge in [-0.05, 0) is 12.5 Å². The maximum Gasteiger partial charge on any atom is 0.232 e. The molecule has 0 aliphatic rings. The summed E-state index contributed by atoms with van der Waals surface area (Å²) in [5.41, 5.74) is 2.55. The molecular formula is C12H17NOS. The number of hydrogen-bond donors (Lipinski definition) is 0. The van der Waals surface area contributed by atoms with Crippen molar-refractivity contribution in [2.45, 2.75) is 12.7 Å². The van der Waals surface area contributed by atoms with E-state index in [0.29, 0.717) is 5.75 Å². The van der Waals surface area contributed by atoms with Crippen molar-refractivity contribution in [1.29, 1.82) is 0 Å². The van der Waals surface area contributed by atoms with Gasteiger partial charge in [-0.3, -0.25) is 4.79 Å². The van der Waals surface area contributed by atoms with Crippen molar-refractivity contribution in [2.24, 2.45) is 0 Å². The SMILES string of the molecule is Cc1ccc(CSCC(=O)N(C)C)cc1. The van der Waals surface area contributed by atoms with Crippen molar-refractivity contribution < 1.29 is 4.79 Å². The van der Waals surface area contributed by atoms with Crippen LogP contribution in [0.4, 0.5) is 0 Å². The molecule has 0 heterocycles. The monoisotopic (exact) mass is 223 g/mol. The number of carbonyl (C=O) groups is 1. The van der Waals surface area contributed by atoms with Gasteiger partial charge >= 0.3 is 0 Å². The lowest BCUT2D eigenvalue weighted by molar-refractivity contribution is -0.125. The minimum absolute atomic E-state index is 0.173. The van der Waals surface area contributed by atoms with Gasteiger partial charge in [-0.25, -0.2) is 0 Å². The van der Waals surface area contributed by atoms with E-state index in [4.69, 9.17) is 0 Å². The van der Waals surface area contributed by atoms with Crippen molar-refractivity contribution in [1.82, 2.24) is 4.90 Å². The second-order valence-electron chi connectivity index (χ2n) is 3.77. The minimum atomic E-state index is 0.173. The second-order valence-corrected chi connectivity index (χ2v) is 4.75. The van der Waals surface area contributed by atoms with Gasteiger partial charge in [-0.15, -0.1) is 11.8 Å². The van der Waals surface area contributed by atoms with Crippen LogP contribution < -0.4 is 0 Å². The van der Waals surface area contributed by atoms with E-state index in [1.807, 2.05) is 0 Å². The molecule has 0 aromatic heterocycles. The van der Waals surface area contributed by atoms with Gasteiger partial charge in [-0.2, -0.15) is 0 Å². The van der Waals surface area contributed by atoms with Gasteiger partial charge in [0, 0.05) is 19.8 Å². The molecule has 15 heavy (non-hydrogen) atoms. The summed E-state index contributed by atoms with van der Waals surface area (Å²) >= 11 is 1.66. The first kappa shape index (κ1) is 12.1. The standard InChI is InChI=1S/C12H17NOS/c1-10-4-6-11(7-5-10)8-15-9-12(14)13(2)3/h4-7H,8-9H2,1-3H3. The fourth-order valence-electron chi connectivity index (χ4n) is 1.07. The Hall–Kier alpha value is -0.960. The van der Waals surface area contributed by atoms with Crippen molar-refractivity contribution in [2.75, 3.05) is 19.8 Å². The summed E-state index contributed by atoms with van der Waals surface area (Å²) in [6, 6.07) is 8.43. The number of amides is 1. The fraction of sp³-hybridized carbons (Fsp3) is 0.417. The molecule has 0 aliphatic carbocycles. The van der Waals surface area contributed by atoms with Gasteiger partial charge in [0.05, 0.1) is 5.75 Å². The van der Waals surface area contributed by atoms with E-state index in [2.05, 4.69) is 31.2 Å². The highest BCUT2D eigenvalue weighted by Gasteiger charge is 2.03. The molecule has 0 N–H and O–H groups in total. The van der Waals surface area contributed by atoms with E-state index in [-0.39, 0.29) is 5.91 Å². The zero-order chi connectivity index (χ0) is 11.3. The number of thioether (sulfide) groups is 1. The first-order valence-electron chi connectivity index (χ1n) is 4.93. The molecule has 1 amide bonds. The molecule has 0 radical (unpaired) electrons. The van der Waals surface area contributed by atoms with Crippen molar-refractivity contribution in [3.8, 4) is 0 Å². The fourth-order valence-corrected chi connectivity index (χ4v) is 2.03. The molecule has 0 saturated heterocycles. The maximum atomic E-state index is 11.3. The highest BCUT2D eigenvalue weighted by Crippen LogP contribution is 2.13. The third kappa shape index (κ3) is 4.38. The van der Waals surface area contributed by atoms with Crippen LogP contribution in [0.5, 0.6) is 0 Å². The molecular weight excluding hydrogens is 206 g/mol. The molecule has 82 valence electrons. The lowest BCUT2D eigenvalue weighted by atomic mass is 10.2.